The van der Waals surface area contributed by atoms with E-state index < -0.39 is 17.3 Å². The minimum absolute atomic E-state index is 0.0429. The van der Waals surface area contributed by atoms with Gasteiger partial charge in [-0.25, -0.2) is 9.37 Å². The van der Waals surface area contributed by atoms with Gasteiger partial charge in [0.15, 0.2) is 0 Å². The van der Waals surface area contributed by atoms with Crippen LogP contribution in [-0.2, 0) is 0 Å². The minimum atomic E-state index is -0.683. The zero-order chi connectivity index (χ0) is 16.6. The Bertz CT molecular complexity index is 979. The Hall–Kier alpha value is -3.02. The van der Waals surface area contributed by atoms with Gasteiger partial charge in [-0.3, -0.25) is 14.0 Å². The van der Waals surface area contributed by atoms with Crippen LogP contribution in [0.15, 0.2) is 47.4 Å². The highest BCUT2D eigenvalue weighted by Crippen LogP contribution is 2.13. The second-order valence-corrected chi connectivity index (χ2v) is 5.25. The van der Waals surface area contributed by atoms with Crippen molar-refractivity contribution in [3.8, 4) is 0 Å². The molecule has 1 aromatic carbocycles. The van der Waals surface area contributed by atoms with Crippen LogP contribution in [0.4, 0.5) is 10.1 Å². The van der Waals surface area contributed by atoms with Crippen molar-refractivity contribution < 1.29 is 9.18 Å². The molecule has 1 N–H and O–H groups in total. The smallest absolute Gasteiger partial charge is 0.281 e. The zero-order valence-electron chi connectivity index (χ0n) is 12.6. The molecule has 0 unspecified atom stereocenters. The lowest BCUT2D eigenvalue weighted by Gasteiger charge is -2.10. The van der Waals surface area contributed by atoms with Crippen LogP contribution in [0.1, 0.15) is 21.6 Å². The number of rotatable bonds is 2. The van der Waals surface area contributed by atoms with Gasteiger partial charge in [0.1, 0.15) is 17.2 Å². The molecule has 1 amide bonds. The van der Waals surface area contributed by atoms with E-state index in [0.29, 0.717) is 11.3 Å². The molecule has 0 aliphatic rings. The highest BCUT2D eigenvalue weighted by Gasteiger charge is 2.16. The van der Waals surface area contributed by atoms with E-state index in [4.69, 9.17) is 0 Å². The van der Waals surface area contributed by atoms with Crippen LogP contribution in [0.2, 0.25) is 0 Å². The second kappa shape index (κ2) is 5.64. The van der Waals surface area contributed by atoms with Gasteiger partial charge in [0.2, 0.25) is 0 Å². The van der Waals surface area contributed by atoms with Gasteiger partial charge >= 0.3 is 0 Å². The third-order valence-electron chi connectivity index (χ3n) is 3.51. The average Bonchev–Trinajstić information content (AvgIpc) is 2.52. The fourth-order valence-corrected chi connectivity index (χ4v) is 2.33. The van der Waals surface area contributed by atoms with Gasteiger partial charge in [-0.2, -0.15) is 0 Å². The maximum absolute atomic E-state index is 13.7. The first-order valence-corrected chi connectivity index (χ1v) is 7.03. The van der Waals surface area contributed by atoms with E-state index in [-0.39, 0.29) is 11.3 Å². The third-order valence-corrected chi connectivity index (χ3v) is 3.51. The highest BCUT2D eigenvalue weighted by molar-refractivity contribution is 6.04. The molecule has 0 saturated heterocycles. The number of carbonyl (C=O) groups excluding carboxylic acids is 1. The van der Waals surface area contributed by atoms with Crippen LogP contribution in [-0.4, -0.2) is 15.3 Å². The fraction of sp³-hybridized carbons (Fsp3) is 0.118. The number of pyridine rings is 1. The predicted molar refractivity (Wildman–Crippen MR) is 85.3 cm³/mol. The number of anilines is 1. The Morgan fingerprint density at radius 3 is 2.65 bits per heavy atom. The molecule has 0 aliphatic heterocycles. The van der Waals surface area contributed by atoms with Crippen LogP contribution in [0.5, 0.6) is 0 Å². The van der Waals surface area contributed by atoms with E-state index in [2.05, 4.69) is 10.3 Å². The van der Waals surface area contributed by atoms with Crippen LogP contribution in [0.25, 0.3) is 5.65 Å². The van der Waals surface area contributed by atoms with E-state index in [1.807, 2.05) is 13.0 Å². The molecule has 0 bridgehead atoms. The first-order valence-electron chi connectivity index (χ1n) is 7.03. The van der Waals surface area contributed by atoms with Crippen LogP contribution >= 0.6 is 0 Å². The Morgan fingerprint density at radius 2 is 1.91 bits per heavy atom. The number of hydrogen-bond donors (Lipinski definition) is 1. The summed E-state index contributed by atoms with van der Waals surface area (Å²) in [5, 5.41) is 2.47. The van der Waals surface area contributed by atoms with Crippen LogP contribution in [0.3, 0.4) is 0 Å². The number of halogens is 1. The minimum Gasteiger partial charge on any atom is -0.316 e. The third kappa shape index (κ3) is 2.70. The number of hydrogen-bond acceptors (Lipinski definition) is 3. The Morgan fingerprint density at radius 1 is 1.17 bits per heavy atom. The molecule has 0 spiro atoms. The molecule has 0 fully saturated rings. The number of fused-ring (bicyclic) bond motifs is 1. The summed E-state index contributed by atoms with van der Waals surface area (Å²) >= 11 is 0. The molecule has 3 aromatic rings. The molecule has 23 heavy (non-hydrogen) atoms. The monoisotopic (exact) mass is 311 g/mol. The number of carbonyl (C=O) groups is 1. The summed E-state index contributed by atoms with van der Waals surface area (Å²) in [5.74, 6) is -1.33. The molecule has 5 nitrogen and oxygen atoms in total. The molecule has 0 aliphatic carbocycles. The van der Waals surface area contributed by atoms with Crippen molar-refractivity contribution in [1.82, 2.24) is 9.38 Å². The molecule has 6 heteroatoms. The first-order chi connectivity index (χ1) is 11.0. The van der Waals surface area contributed by atoms with Crippen molar-refractivity contribution in [1.29, 1.82) is 0 Å². The molecular formula is C17H14FN3O2. The Balaban J connectivity index is 2.08. The standard InChI is InChI=1S/C17H14FN3O2/c1-10-7-8-14-19-11(2)15(17(23)21(14)9-10)20-16(22)12-5-3-4-6-13(12)18/h3-9H,1-2H3,(H,20,22). The topological polar surface area (TPSA) is 63.5 Å². The lowest BCUT2D eigenvalue weighted by molar-refractivity contribution is 0.102. The van der Waals surface area contributed by atoms with Gasteiger partial charge in [0.05, 0.1) is 11.3 Å². The molecule has 116 valence electrons. The van der Waals surface area contributed by atoms with Crippen molar-refractivity contribution in [2.75, 3.05) is 5.32 Å². The number of benzene rings is 1. The van der Waals surface area contributed by atoms with Crippen LogP contribution < -0.4 is 10.9 Å². The fourth-order valence-electron chi connectivity index (χ4n) is 2.33. The number of aromatic nitrogens is 2. The van der Waals surface area contributed by atoms with Crippen molar-refractivity contribution in [2.45, 2.75) is 13.8 Å². The first kappa shape index (κ1) is 14.9. The van der Waals surface area contributed by atoms with Gasteiger partial charge in [-0.1, -0.05) is 18.2 Å². The number of nitrogens with zero attached hydrogens (tertiary/aromatic N) is 2. The van der Waals surface area contributed by atoms with Crippen molar-refractivity contribution in [3.05, 3.63) is 75.6 Å². The number of amides is 1. The molecule has 3 rings (SSSR count). The predicted octanol–water partition coefficient (Wildman–Crippen LogP) is 2.70. The summed E-state index contributed by atoms with van der Waals surface area (Å²) in [6.07, 6.45) is 1.64. The molecule has 0 atom stereocenters. The summed E-state index contributed by atoms with van der Waals surface area (Å²) in [5.41, 5.74) is 1.27. The summed E-state index contributed by atoms with van der Waals surface area (Å²) in [6.45, 7) is 3.47. The maximum Gasteiger partial charge on any atom is 0.281 e. The Labute approximate surface area is 131 Å². The van der Waals surface area contributed by atoms with E-state index >= 15 is 0 Å². The largest absolute Gasteiger partial charge is 0.316 e. The van der Waals surface area contributed by atoms with E-state index in [1.54, 1.807) is 25.3 Å². The number of aryl methyl sites for hydroxylation is 2. The molecule has 0 radical (unpaired) electrons. The maximum atomic E-state index is 13.7. The normalized spacial score (nSPS) is 10.7. The summed E-state index contributed by atoms with van der Waals surface area (Å²) in [4.78, 5) is 29.1. The molecule has 2 aromatic heterocycles. The summed E-state index contributed by atoms with van der Waals surface area (Å²) < 4.78 is 15.1. The van der Waals surface area contributed by atoms with Gasteiger partial charge < -0.3 is 5.32 Å². The van der Waals surface area contributed by atoms with E-state index in [9.17, 15) is 14.0 Å². The quantitative estimate of drug-likeness (QED) is 0.791. The lowest BCUT2D eigenvalue weighted by Crippen LogP contribution is -2.25. The molecular weight excluding hydrogens is 297 g/mol. The van der Waals surface area contributed by atoms with Gasteiger partial charge in [0.25, 0.3) is 11.5 Å². The lowest BCUT2D eigenvalue weighted by atomic mass is 10.2. The second-order valence-electron chi connectivity index (χ2n) is 5.25. The van der Waals surface area contributed by atoms with Gasteiger partial charge in [0, 0.05) is 6.20 Å². The van der Waals surface area contributed by atoms with Crippen LogP contribution in [0, 0.1) is 19.7 Å². The van der Waals surface area contributed by atoms with Gasteiger partial charge in [-0.05, 0) is 37.6 Å². The Kier molecular flexibility index (Phi) is 3.65. The van der Waals surface area contributed by atoms with Crippen molar-refractivity contribution >= 4 is 17.2 Å². The summed E-state index contributed by atoms with van der Waals surface area (Å²) in [7, 11) is 0. The highest BCUT2D eigenvalue weighted by atomic mass is 19.1. The van der Waals surface area contributed by atoms with E-state index in [1.165, 1.54) is 22.6 Å². The van der Waals surface area contributed by atoms with Gasteiger partial charge in [-0.15, -0.1) is 0 Å². The summed E-state index contributed by atoms with van der Waals surface area (Å²) in [6, 6.07) is 9.17. The van der Waals surface area contributed by atoms with E-state index in [0.717, 1.165) is 5.56 Å². The van der Waals surface area contributed by atoms with Crippen molar-refractivity contribution in [2.24, 2.45) is 0 Å². The number of nitrogens with one attached hydrogen (secondary N) is 1. The average molecular weight is 311 g/mol. The molecule has 0 saturated carbocycles. The van der Waals surface area contributed by atoms with Crippen molar-refractivity contribution in [3.63, 3.8) is 0 Å². The zero-order valence-corrected chi connectivity index (χ0v) is 12.6. The molecule has 2 heterocycles. The SMILES string of the molecule is Cc1ccc2nc(C)c(NC(=O)c3ccccc3F)c(=O)n2c1.